The number of anilines is 2. The van der Waals surface area contributed by atoms with E-state index in [4.69, 9.17) is 5.26 Å². The Bertz CT molecular complexity index is 1250. The van der Waals surface area contributed by atoms with E-state index in [-0.39, 0.29) is 12.2 Å². The summed E-state index contributed by atoms with van der Waals surface area (Å²) in [6.45, 7) is 5.98. The number of amides is 2. The van der Waals surface area contributed by atoms with Crippen LogP contribution in [0.1, 0.15) is 16.7 Å². The highest BCUT2D eigenvalue weighted by Crippen LogP contribution is 2.32. The third-order valence-corrected chi connectivity index (χ3v) is 5.39. The Morgan fingerprint density at radius 3 is 2.40 bits per heavy atom. The van der Waals surface area contributed by atoms with Crippen LogP contribution >= 0.6 is 0 Å². The third kappa shape index (κ3) is 6.64. The van der Waals surface area contributed by atoms with Crippen molar-refractivity contribution in [2.75, 3.05) is 30.4 Å². The molecule has 35 heavy (non-hydrogen) atoms. The van der Waals surface area contributed by atoms with Gasteiger partial charge in [-0.05, 0) is 72.3 Å². The van der Waals surface area contributed by atoms with Crippen LogP contribution in [0.2, 0.25) is 0 Å². The van der Waals surface area contributed by atoms with Gasteiger partial charge in [0.2, 0.25) is 0 Å². The van der Waals surface area contributed by atoms with Crippen LogP contribution < -0.4 is 10.2 Å². The van der Waals surface area contributed by atoms with E-state index >= 15 is 0 Å². The number of aryl methyl sites for hydroxylation is 1. The fourth-order valence-electron chi connectivity index (χ4n) is 3.51. The second-order valence-corrected chi connectivity index (χ2v) is 8.07. The topological polar surface area (TPSA) is 59.4 Å². The number of benzene rings is 3. The van der Waals surface area contributed by atoms with E-state index in [1.165, 1.54) is 11.0 Å². The summed E-state index contributed by atoms with van der Waals surface area (Å²) in [5.41, 5.74) is 2.46. The van der Waals surface area contributed by atoms with Gasteiger partial charge in [0, 0.05) is 31.5 Å². The molecule has 0 heterocycles. The zero-order valence-electron chi connectivity index (χ0n) is 19.4. The molecular weight excluding hydrogens is 453 g/mol. The van der Waals surface area contributed by atoms with Crippen LogP contribution in [0, 0.1) is 18.3 Å². The number of hydrogen-bond donors (Lipinski definition) is 1. The fourth-order valence-corrected chi connectivity index (χ4v) is 3.51. The number of hydrogen-bond acceptors (Lipinski definition) is 3. The molecule has 8 heteroatoms. The van der Waals surface area contributed by atoms with Crippen LogP contribution in [0.15, 0.2) is 79.5 Å². The molecule has 0 aliphatic heterocycles. The number of nitrogens with zero attached hydrogens (tertiary/aromatic N) is 3. The van der Waals surface area contributed by atoms with Crippen molar-refractivity contribution in [1.82, 2.24) is 4.90 Å². The lowest BCUT2D eigenvalue weighted by Gasteiger charge is -2.26. The number of nitrogens with one attached hydrogen (secondary N) is 1. The average Bonchev–Trinajstić information content (AvgIpc) is 2.83. The largest absolute Gasteiger partial charge is 0.416 e. The molecule has 180 valence electrons. The van der Waals surface area contributed by atoms with E-state index < -0.39 is 17.8 Å². The van der Waals surface area contributed by atoms with Crippen molar-refractivity contribution in [1.29, 1.82) is 5.26 Å². The molecular formula is C27H25F3N4O. The minimum Gasteiger partial charge on any atom is -0.379 e. The van der Waals surface area contributed by atoms with Crippen molar-refractivity contribution < 1.29 is 18.0 Å². The molecule has 0 aliphatic rings. The van der Waals surface area contributed by atoms with Crippen molar-refractivity contribution >= 4 is 17.4 Å². The van der Waals surface area contributed by atoms with E-state index in [1.54, 1.807) is 48.4 Å². The first-order chi connectivity index (χ1) is 16.6. The molecule has 0 bridgehead atoms. The van der Waals surface area contributed by atoms with Crippen molar-refractivity contribution in [2.24, 2.45) is 0 Å². The summed E-state index contributed by atoms with van der Waals surface area (Å²) in [5.74, 6) is 0. The second kappa shape index (κ2) is 10.8. The maximum atomic E-state index is 13.2. The molecule has 0 spiro atoms. The molecule has 0 saturated heterocycles. The van der Waals surface area contributed by atoms with Crippen molar-refractivity contribution in [2.45, 2.75) is 13.1 Å². The first kappa shape index (κ1) is 25.4. The van der Waals surface area contributed by atoms with Crippen LogP contribution in [0.5, 0.6) is 0 Å². The monoisotopic (exact) mass is 478 g/mol. The molecule has 2 amide bonds. The van der Waals surface area contributed by atoms with Crippen LogP contribution in [-0.4, -0.2) is 31.1 Å². The molecule has 3 rings (SSSR count). The molecule has 5 nitrogen and oxygen atoms in total. The summed E-state index contributed by atoms with van der Waals surface area (Å²) in [6, 6.07) is 19.4. The highest BCUT2D eigenvalue weighted by atomic mass is 19.4. The Balaban J connectivity index is 1.89. The van der Waals surface area contributed by atoms with Crippen LogP contribution in [0.25, 0.3) is 11.1 Å². The number of nitriles is 1. The Hall–Kier alpha value is -4.25. The molecule has 0 fully saturated rings. The van der Waals surface area contributed by atoms with Crippen molar-refractivity contribution in [3.63, 3.8) is 0 Å². The summed E-state index contributed by atoms with van der Waals surface area (Å²) in [5, 5.41) is 11.7. The molecule has 0 radical (unpaired) electrons. The lowest BCUT2D eigenvalue weighted by molar-refractivity contribution is -0.137. The first-order valence-electron chi connectivity index (χ1n) is 10.8. The van der Waals surface area contributed by atoms with Gasteiger partial charge in [-0.1, -0.05) is 30.8 Å². The quantitative estimate of drug-likeness (QED) is 0.413. The van der Waals surface area contributed by atoms with Gasteiger partial charge in [-0.3, -0.25) is 4.90 Å². The summed E-state index contributed by atoms with van der Waals surface area (Å²) < 4.78 is 39.7. The molecule has 0 aromatic heterocycles. The van der Waals surface area contributed by atoms with E-state index in [1.807, 2.05) is 25.2 Å². The Kier molecular flexibility index (Phi) is 7.82. The van der Waals surface area contributed by atoms with Gasteiger partial charge < -0.3 is 10.2 Å². The fraction of sp³-hybridized carbons (Fsp3) is 0.185. The van der Waals surface area contributed by atoms with Gasteiger partial charge in [0.15, 0.2) is 0 Å². The van der Waals surface area contributed by atoms with Crippen molar-refractivity contribution in [3.05, 3.63) is 96.2 Å². The standard InChI is InChI=1S/C27H25F3N4O/c1-4-33(3)12-13-34(26(35)32-24-15-19(2)14-23(17-24)27(28,29)30)25-10-8-21(9-11-25)22-7-5-6-20(16-22)18-31/h4-11,14-17H,1,12-13H2,2-3H3,(H,32,35). The van der Waals surface area contributed by atoms with Crippen LogP contribution in [-0.2, 0) is 6.18 Å². The van der Waals surface area contributed by atoms with Gasteiger partial charge in [0.05, 0.1) is 17.2 Å². The van der Waals surface area contributed by atoms with Crippen molar-refractivity contribution in [3.8, 4) is 17.2 Å². The lowest BCUT2D eigenvalue weighted by atomic mass is 10.0. The number of carbonyl (C=O) groups is 1. The predicted octanol–water partition coefficient (Wildman–Crippen LogP) is 6.67. The molecule has 0 aliphatic carbocycles. The zero-order chi connectivity index (χ0) is 25.6. The molecule has 0 atom stereocenters. The van der Waals surface area contributed by atoms with E-state index in [2.05, 4.69) is 18.0 Å². The smallest absolute Gasteiger partial charge is 0.379 e. The van der Waals surface area contributed by atoms with E-state index in [0.29, 0.717) is 23.4 Å². The summed E-state index contributed by atoms with van der Waals surface area (Å²) in [7, 11) is 1.81. The SMILES string of the molecule is C=CN(C)CCN(C(=O)Nc1cc(C)cc(C(F)(F)F)c1)c1ccc(-c2cccc(C#N)c2)cc1. The minimum absolute atomic E-state index is 0.0642. The number of rotatable bonds is 7. The second-order valence-electron chi connectivity index (χ2n) is 8.07. The molecule has 3 aromatic carbocycles. The normalized spacial score (nSPS) is 10.9. The highest BCUT2D eigenvalue weighted by molar-refractivity contribution is 6.02. The van der Waals surface area contributed by atoms with Crippen LogP contribution in [0.3, 0.4) is 0 Å². The summed E-state index contributed by atoms with van der Waals surface area (Å²) in [6.07, 6.45) is -2.89. The maximum Gasteiger partial charge on any atom is 0.416 e. The minimum atomic E-state index is -4.52. The third-order valence-electron chi connectivity index (χ3n) is 5.39. The number of halogens is 3. The average molecular weight is 479 g/mol. The van der Waals surface area contributed by atoms with Gasteiger partial charge in [-0.2, -0.15) is 18.4 Å². The highest BCUT2D eigenvalue weighted by Gasteiger charge is 2.31. The molecule has 3 aromatic rings. The van der Waals surface area contributed by atoms with E-state index in [9.17, 15) is 18.0 Å². The predicted molar refractivity (Wildman–Crippen MR) is 132 cm³/mol. The van der Waals surface area contributed by atoms with Gasteiger partial charge in [0.1, 0.15) is 0 Å². The number of alkyl halides is 3. The zero-order valence-corrected chi connectivity index (χ0v) is 19.4. The first-order valence-corrected chi connectivity index (χ1v) is 10.8. The Morgan fingerprint density at radius 1 is 1.06 bits per heavy atom. The number of urea groups is 1. The number of carbonyl (C=O) groups excluding carboxylic acids is 1. The molecule has 1 N–H and O–H groups in total. The van der Waals surface area contributed by atoms with Gasteiger partial charge in [-0.25, -0.2) is 4.79 Å². The summed E-state index contributed by atoms with van der Waals surface area (Å²) >= 11 is 0. The molecule has 0 unspecified atom stereocenters. The van der Waals surface area contributed by atoms with Crippen LogP contribution in [0.4, 0.5) is 29.3 Å². The summed E-state index contributed by atoms with van der Waals surface area (Å²) in [4.78, 5) is 16.4. The van der Waals surface area contributed by atoms with Gasteiger partial charge in [-0.15, -0.1) is 0 Å². The maximum absolute atomic E-state index is 13.2. The van der Waals surface area contributed by atoms with Gasteiger partial charge in [0.25, 0.3) is 0 Å². The van der Waals surface area contributed by atoms with Gasteiger partial charge >= 0.3 is 12.2 Å². The number of likely N-dealkylation sites (N-methyl/N-ethyl adjacent to an activating group) is 1. The Morgan fingerprint density at radius 2 is 1.77 bits per heavy atom. The Labute approximate surface area is 202 Å². The van der Waals surface area contributed by atoms with E-state index in [0.717, 1.165) is 23.3 Å². The molecule has 0 saturated carbocycles. The lowest BCUT2D eigenvalue weighted by Crippen LogP contribution is -2.39.